The zero-order valence-corrected chi connectivity index (χ0v) is 20.1. The molecular weight excluding hydrogens is 448 g/mol. The van der Waals surface area contributed by atoms with E-state index in [0.29, 0.717) is 6.61 Å². The summed E-state index contributed by atoms with van der Waals surface area (Å²) in [7, 11) is 0. The first kappa shape index (κ1) is 26.2. The number of carbonyl (C=O) groups is 1. The number of ether oxygens (including phenoxy) is 4. The molecule has 0 bridgehead atoms. The van der Waals surface area contributed by atoms with Crippen molar-refractivity contribution in [2.75, 3.05) is 13.3 Å². The van der Waals surface area contributed by atoms with Gasteiger partial charge in [0.15, 0.2) is 6.29 Å². The van der Waals surface area contributed by atoms with Crippen molar-refractivity contribution < 1.29 is 23.7 Å². The second-order valence-corrected chi connectivity index (χ2v) is 8.37. The van der Waals surface area contributed by atoms with Crippen LogP contribution >= 0.6 is 0 Å². The molecule has 1 amide bonds. The average molecular weight is 481 g/mol. The molecule has 0 aromatic heterocycles. The fraction of sp³-hybridized carbons (Fsp3) is 0.423. The van der Waals surface area contributed by atoms with Gasteiger partial charge in [0.25, 0.3) is 0 Å². The molecule has 0 spiro atoms. The van der Waals surface area contributed by atoms with E-state index < -0.39 is 24.5 Å². The van der Waals surface area contributed by atoms with E-state index in [0.717, 1.165) is 11.1 Å². The lowest BCUT2D eigenvalue weighted by Crippen LogP contribution is -2.54. The van der Waals surface area contributed by atoms with Crippen molar-refractivity contribution in [3.05, 3.63) is 94.9 Å². The summed E-state index contributed by atoms with van der Waals surface area (Å²) in [5.41, 5.74) is 11.0. The zero-order valence-electron chi connectivity index (χ0n) is 20.1. The summed E-state index contributed by atoms with van der Waals surface area (Å²) in [4.78, 5) is 17.4. The van der Waals surface area contributed by atoms with E-state index in [9.17, 15) is 4.79 Å². The van der Waals surface area contributed by atoms with Gasteiger partial charge < -0.3 is 18.9 Å². The van der Waals surface area contributed by atoms with Gasteiger partial charge in [0.05, 0.1) is 25.4 Å². The van der Waals surface area contributed by atoms with Crippen LogP contribution in [0.25, 0.3) is 10.4 Å². The number of azide groups is 1. The van der Waals surface area contributed by atoms with Crippen molar-refractivity contribution in [1.82, 2.24) is 4.90 Å². The molecular formula is C26H32N4O5. The minimum Gasteiger partial charge on any atom is -0.444 e. The molecule has 5 atom stereocenters. The predicted octanol–water partition coefficient (Wildman–Crippen LogP) is 5.43. The lowest BCUT2D eigenvalue weighted by Gasteiger charge is -2.43. The quantitative estimate of drug-likeness (QED) is 0.140. The molecule has 1 aliphatic heterocycles. The fourth-order valence-corrected chi connectivity index (χ4v) is 3.84. The van der Waals surface area contributed by atoms with Crippen molar-refractivity contribution in [2.45, 2.75) is 51.5 Å². The maximum absolute atomic E-state index is 13.0. The van der Waals surface area contributed by atoms with E-state index in [2.05, 4.69) is 16.6 Å². The molecule has 0 aliphatic carbocycles. The maximum atomic E-state index is 13.0. The molecule has 35 heavy (non-hydrogen) atoms. The highest BCUT2D eigenvalue weighted by molar-refractivity contribution is 5.67. The third kappa shape index (κ3) is 7.56. The maximum Gasteiger partial charge on any atom is 0.412 e. The van der Waals surface area contributed by atoms with Crippen molar-refractivity contribution in [1.29, 1.82) is 0 Å². The van der Waals surface area contributed by atoms with Crippen molar-refractivity contribution in [2.24, 2.45) is 11.0 Å². The van der Waals surface area contributed by atoms with E-state index >= 15 is 0 Å². The van der Waals surface area contributed by atoms with Crippen LogP contribution in [0.4, 0.5) is 4.79 Å². The van der Waals surface area contributed by atoms with Gasteiger partial charge in [-0.1, -0.05) is 78.8 Å². The summed E-state index contributed by atoms with van der Waals surface area (Å²) in [6, 6.07) is 18.3. The Morgan fingerprint density at radius 1 is 1.11 bits per heavy atom. The fourth-order valence-electron chi connectivity index (χ4n) is 3.84. The summed E-state index contributed by atoms with van der Waals surface area (Å²) >= 11 is 0. The van der Waals surface area contributed by atoms with E-state index in [1.54, 1.807) is 6.08 Å². The highest BCUT2D eigenvalue weighted by Crippen LogP contribution is 2.31. The van der Waals surface area contributed by atoms with E-state index in [-0.39, 0.29) is 31.9 Å². The number of amides is 1. The lowest BCUT2D eigenvalue weighted by atomic mass is 9.90. The minimum absolute atomic E-state index is 0.0402. The van der Waals surface area contributed by atoms with Crippen LogP contribution in [0.5, 0.6) is 0 Å². The van der Waals surface area contributed by atoms with Crippen LogP contribution in [-0.4, -0.2) is 48.9 Å². The Morgan fingerprint density at radius 2 is 1.77 bits per heavy atom. The predicted molar refractivity (Wildman–Crippen MR) is 131 cm³/mol. The SMILES string of the molecule is C=CCO[C@@H]1C(N=[N+]=[N-])[C@H](OCN(Cc2ccccc2)C(=O)OCc2ccccc2)OC(C)[C@@H]1C. The van der Waals surface area contributed by atoms with Crippen LogP contribution in [-0.2, 0) is 32.1 Å². The van der Waals surface area contributed by atoms with E-state index in [1.165, 1.54) is 4.90 Å². The van der Waals surface area contributed by atoms with Crippen LogP contribution in [0.1, 0.15) is 25.0 Å². The van der Waals surface area contributed by atoms with Gasteiger partial charge in [0.1, 0.15) is 19.4 Å². The van der Waals surface area contributed by atoms with Crippen molar-refractivity contribution in [3.8, 4) is 0 Å². The molecule has 9 nitrogen and oxygen atoms in total. The first-order valence-electron chi connectivity index (χ1n) is 11.6. The molecule has 1 saturated heterocycles. The van der Waals surface area contributed by atoms with Gasteiger partial charge in [0, 0.05) is 10.8 Å². The molecule has 2 unspecified atom stereocenters. The van der Waals surface area contributed by atoms with Gasteiger partial charge in [-0.3, -0.25) is 4.90 Å². The summed E-state index contributed by atoms with van der Waals surface area (Å²) < 4.78 is 23.5. The summed E-state index contributed by atoms with van der Waals surface area (Å²) in [6.45, 7) is 8.16. The molecule has 2 aromatic rings. The number of rotatable bonds is 11. The lowest BCUT2D eigenvalue weighted by molar-refractivity contribution is -0.254. The molecule has 0 N–H and O–H groups in total. The molecule has 0 saturated carbocycles. The Hall–Kier alpha value is -3.36. The number of nitrogens with zero attached hydrogens (tertiary/aromatic N) is 4. The zero-order chi connectivity index (χ0) is 25.0. The van der Waals surface area contributed by atoms with Crippen LogP contribution in [0.2, 0.25) is 0 Å². The molecule has 9 heteroatoms. The smallest absolute Gasteiger partial charge is 0.412 e. The van der Waals surface area contributed by atoms with Gasteiger partial charge >= 0.3 is 6.09 Å². The standard InChI is InChI=1S/C26H32N4O5/c1-4-15-32-24-19(2)20(3)35-25(23(24)28-29-27)34-18-30(16-21-11-7-5-8-12-21)26(31)33-17-22-13-9-6-10-14-22/h4-14,19-20,23-25H,1,15-18H2,2-3H3/t19-,20?,23?,24-,25+/m0/s1. The molecule has 1 aliphatic rings. The van der Waals surface area contributed by atoms with Crippen LogP contribution < -0.4 is 0 Å². The number of benzene rings is 2. The van der Waals surface area contributed by atoms with E-state index in [1.807, 2.05) is 74.5 Å². The van der Waals surface area contributed by atoms with Crippen LogP contribution in [0, 0.1) is 5.92 Å². The Balaban J connectivity index is 1.72. The Labute approximate surface area is 205 Å². The molecule has 3 rings (SSSR count). The van der Waals surface area contributed by atoms with Crippen molar-refractivity contribution >= 4 is 6.09 Å². The highest BCUT2D eigenvalue weighted by Gasteiger charge is 2.43. The van der Waals surface area contributed by atoms with Gasteiger partial charge in [-0.05, 0) is 23.6 Å². The Bertz CT molecular complexity index is 984. The normalized spacial score (nSPS) is 23.7. The second kappa shape index (κ2) is 13.5. The highest BCUT2D eigenvalue weighted by atomic mass is 16.7. The average Bonchev–Trinajstić information content (AvgIpc) is 2.88. The summed E-state index contributed by atoms with van der Waals surface area (Å²) in [5, 5.41) is 3.90. The van der Waals surface area contributed by atoms with Gasteiger partial charge in [-0.2, -0.15) is 0 Å². The minimum atomic E-state index is -0.896. The van der Waals surface area contributed by atoms with E-state index in [4.69, 9.17) is 24.5 Å². The number of hydrogen-bond donors (Lipinski definition) is 0. The van der Waals surface area contributed by atoms with Crippen LogP contribution in [0.3, 0.4) is 0 Å². The first-order chi connectivity index (χ1) is 17.0. The molecule has 1 fully saturated rings. The monoisotopic (exact) mass is 480 g/mol. The topological polar surface area (TPSA) is 106 Å². The number of carbonyl (C=O) groups excluding carboxylic acids is 1. The molecule has 2 aromatic carbocycles. The number of hydrogen-bond acceptors (Lipinski definition) is 6. The summed E-state index contributed by atoms with van der Waals surface area (Å²) in [5.74, 6) is -0.0402. The van der Waals surface area contributed by atoms with Gasteiger partial charge in [-0.25, -0.2) is 4.79 Å². The Kier molecular flexibility index (Phi) is 10.1. The third-order valence-corrected chi connectivity index (χ3v) is 5.89. The first-order valence-corrected chi connectivity index (χ1v) is 11.6. The second-order valence-electron chi connectivity index (χ2n) is 8.37. The summed E-state index contributed by atoms with van der Waals surface area (Å²) in [6.07, 6.45) is -0.431. The van der Waals surface area contributed by atoms with Gasteiger partial charge in [-0.15, -0.1) is 6.58 Å². The third-order valence-electron chi connectivity index (χ3n) is 5.89. The molecule has 1 heterocycles. The van der Waals surface area contributed by atoms with Crippen LogP contribution in [0.15, 0.2) is 78.4 Å². The van der Waals surface area contributed by atoms with Crippen molar-refractivity contribution in [3.63, 3.8) is 0 Å². The largest absolute Gasteiger partial charge is 0.444 e. The molecule has 186 valence electrons. The van der Waals surface area contributed by atoms with Gasteiger partial charge in [0.2, 0.25) is 0 Å². The Morgan fingerprint density at radius 3 is 2.40 bits per heavy atom. The molecule has 0 radical (unpaired) electrons.